The molecule has 1 aliphatic carbocycles. The van der Waals surface area contributed by atoms with Crippen molar-refractivity contribution in [3.05, 3.63) is 28.8 Å². The van der Waals surface area contributed by atoms with Gasteiger partial charge in [0.2, 0.25) is 0 Å². The average Bonchev–Trinajstić information content (AvgIpc) is 2.30. The van der Waals surface area contributed by atoms with Gasteiger partial charge in [-0.05, 0) is 61.3 Å². The summed E-state index contributed by atoms with van der Waals surface area (Å²) < 4.78 is 5.43. The molecular formula is C14H20O2. The molecule has 1 unspecified atom stereocenters. The lowest BCUT2D eigenvalue weighted by Crippen LogP contribution is -2.14. The number of hydrogen-bond donors (Lipinski definition) is 1. The average molecular weight is 220 g/mol. The predicted molar refractivity (Wildman–Crippen MR) is 65.1 cm³/mol. The van der Waals surface area contributed by atoms with E-state index in [-0.39, 0.29) is 6.61 Å². The zero-order valence-electron chi connectivity index (χ0n) is 10.1. The molecule has 0 saturated carbocycles. The number of methoxy groups -OCH3 is 1. The zero-order valence-corrected chi connectivity index (χ0v) is 10.1. The maximum atomic E-state index is 9.13. The Hall–Kier alpha value is -1.02. The molecule has 2 rings (SSSR count). The Morgan fingerprint density at radius 1 is 1.44 bits per heavy atom. The molecule has 1 atom stereocenters. The molecule has 1 aliphatic rings. The Kier molecular flexibility index (Phi) is 3.49. The van der Waals surface area contributed by atoms with Gasteiger partial charge in [-0.25, -0.2) is 0 Å². The van der Waals surface area contributed by atoms with E-state index in [0.29, 0.717) is 5.92 Å². The van der Waals surface area contributed by atoms with Gasteiger partial charge in [-0.2, -0.15) is 0 Å². The molecular weight excluding hydrogens is 200 g/mol. The molecule has 0 spiro atoms. The molecule has 0 heterocycles. The minimum Gasteiger partial charge on any atom is -0.496 e. The summed E-state index contributed by atoms with van der Waals surface area (Å²) in [6.07, 6.45) is 4.39. The van der Waals surface area contributed by atoms with Crippen molar-refractivity contribution in [2.24, 2.45) is 0 Å². The maximum Gasteiger partial charge on any atom is 0.122 e. The summed E-state index contributed by atoms with van der Waals surface area (Å²) >= 11 is 0. The molecule has 0 saturated heterocycles. The second-order valence-electron chi connectivity index (χ2n) is 4.58. The maximum absolute atomic E-state index is 9.13. The van der Waals surface area contributed by atoms with Gasteiger partial charge in [0.1, 0.15) is 5.75 Å². The Morgan fingerprint density at radius 3 is 2.94 bits per heavy atom. The van der Waals surface area contributed by atoms with E-state index < -0.39 is 0 Å². The van der Waals surface area contributed by atoms with E-state index in [2.05, 4.69) is 19.1 Å². The quantitative estimate of drug-likeness (QED) is 0.848. The summed E-state index contributed by atoms with van der Waals surface area (Å²) in [5, 5.41) is 9.13. The normalized spacial score (nSPS) is 19.3. The van der Waals surface area contributed by atoms with Crippen molar-refractivity contribution in [1.82, 2.24) is 0 Å². The van der Waals surface area contributed by atoms with Crippen molar-refractivity contribution in [2.45, 2.75) is 38.5 Å². The number of rotatable bonds is 3. The van der Waals surface area contributed by atoms with Crippen LogP contribution in [0, 0.1) is 6.92 Å². The topological polar surface area (TPSA) is 29.5 Å². The van der Waals surface area contributed by atoms with Gasteiger partial charge in [0.25, 0.3) is 0 Å². The van der Waals surface area contributed by atoms with Gasteiger partial charge in [-0.3, -0.25) is 0 Å². The van der Waals surface area contributed by atoms with E-state index in [1.54, 1.807) is 7.11 Å². The van der Waals surface area contributed by atoms with Crippen LogP contribution in [0.4, 0.5) is 0 Å². The van der Waals surface area contributed by atoms with E-state index in [9.17, 15) is 0 Å². The standard InChI is InChI=1S/C14H20O2/c1-10-6-7-13(16-2)12-5-3-4-11(8-9-15)14(10)12/h6-7,11,15H,3-5,8-9H2,1-2H3. The number of aliphatic hydroxyl groups excluding tert-OH is 1. The molecule has 0 fully saturated rings. The molecule has 0 bridgehead atoms. The van der Waals surface area contributed by atoms with E-state index in [0.717, 1.165) is 18.6 Å². The third-order valence-corrected chi connectivity index (χ3v) is 3.62. The molecule has 2 heteroatoms. The number of aryl methyl sites for hydroxylation is 1. The third-order valence-electron chi connectivity index (χ3n) is 3.62. The molecule has 1 N–H and O–H groups in total. The minimum absolute atomic E-state index is 0.279. The van der Waals surface area contributed by atoms with E-state index in [1.165, 1.54) is 29.5 Å². The van der Waals surface area contributed by atoms with Crippen LogP contribution in [0.25, 0.3) is 0 Å². The van der Waals surface area contributed by atoms with Crippen molar-refractivity contribution >= 4 is 0 Å². The lowest BCUT2D eigenvalue weighted by molar-refractivity contribution is 0.269. The summed E-state index contributed by atoms with van der Waals surface area (Å²) in [4.78, 5) is 0. The van der Waals surface area contributed by atoms with Crippen LogP contribution in [0.15, 0.2) is 12.1 Å². The van der Waals surface area contributed by atoms with Gasteiger partial charge in [-0.1, -0.05) is 6.07 Å². The smallest absolute Gasteiger partial charge is 0.122 e. The van der Waals surface area contributed by atoms with Gasteiger partial charge in [0.05, 0.1) is 7.11 Å². The molecule has 0 amide bonds. The highest BCUT2D eigenvalue weighted by atomic mass is 16.5. The highest BCUT2D eigenvalue weighted by Crippen LogP contribution is 2.40. The molecule has 0 aliphatic heterocycles. The predicted octanol–water partition coefficient (Wildman–Crippen LogP) is 2.81. The first-order chi connectivity index (χ1) is 7.77. The van der Waals surface area contributed by atoms with Crippen molar-refractivity contribution in [1.29, 1.82) is 0 Å². The van der Waals surface area contributed by atoms with Gasteiger partial charge >= 0.3 is 0 Å². The molecule has 16 heavy (non-hydrogen) atoms. The van der Waals surface area contributed by atoms with E-state index >= 15 is 0 Å². The van der Waals surface area contributed by atoms with Crippen molar-refractivity contribution in [3.8, 4) is 5.75 Å². The van der Waals surface area contributed by atoms with E-state index in [4.69, 9.17) is 9.84 Å². The van der Waals surface area contributed by atoms with Crippen LogP contribution >= 0.6 is 0 Å². The number of fused-ring (bicyclic) bond motifs is 1. The zero-order chi connectivity index (χ0) is 11.5. The van der Waals surface area contributed by atoms with Crippen molar-refractivity contribution < 1.29 is 9.84 Å². The second kappa shape index (κ2) is 4.88. The molecule has 0 radical (unpaired) electrons. The van der Waals surface area contributed by atoms with Crippen molar-refractivity contribution in [2.75, 3.05) is 13.7 Å². The number of aliphatic hydroxyl groups is 1. The fourth-order valence-corrected chi connectivity index (χ4v) is 2.89. The second-order valence-corrected chi connectivity index (χ2v) is 4.58. The van der Waals surface area contributed by atoms with Crippen LogP contribution in [-0.2, 0) is 6.42 Å². The Balaban J connectivity index is 2.45. The largest absolute Gasteiger partial charge is 0.496 e. The first-order valence-electron chi connectivity index (χ1n) is 6.05. The summed E-state index contributed by atoms with van der Waals surface area (Å²) in [5.74, 6) is 1.53. The monoisotopic (exact) mass is 220 g/mol. The Labute approximate surface area is 97.3 Å². The van der Waals surface area contributed by atoms with Crippen LogP contribution in [-0.4, -0.2) is 18.8 Å². The fourth-order valence-electron chi connectivity index (χ4n) is 2.89. The summed E-state index contributed by atoms with van der Waals surface area (Å²) in [7, 11) is 1.74. The van der Waals surface area contributed by atoms with Crippen LogP contribution in [0.3, 0.4) is 0 Å². The lowest BCUT2D eigenvalue weighted by Gasteiger charge is -2.28. The summed E-state index contributed by atoms with van der Waals surface area (Å²) in [5.41, 5.74) is 4.14. The van der Waals surface area contributed by atoms with Crippen molar-refractivity contribution in [3.63, 3.8) is 0 Å². The summed E-state index contributed by atoms with van der Waals surface area (Å²) in [6.45, 7) is 2.44. The highest BCUT2D eigenvalue weighted by molar-refractivity contribution is 5.48. The molecule has 1 aromatic rings. The summed E-state index contributed by atoms with van der Waals surface area (Å²) in [6, 6.07) is 4.20. The van der Waals surface area contributed by atoms with Gasteiger partial charge in [0, 0.05) is 6.61 Å². The Bertz CT molecular complexity index is 371. The van der Waals surface area contributed by atoms with Crippen LogP contribution in [0.2, 0.25) is 0 Å². The van der Waals surface area contributed by atoms with Crippen LogP contribution in [0.5, 0.6) is 5.75 Å². The molecule has 88 valence electrons. The van der Waals surface area contributed by atoms with Crippen LogP contribution in [0.1, 0.15) is 41.9 Å². The molecule has 0 aromatic heterocycles. The highest BCUT2D eigenvalue weighted by Gasteiger charge is 2.24. The first-order valence-corrected chi connectivity index (χ1v) is 6.05. The Morgan fingerprint density at radius 2 is 2.25 bits per heavy atom. The van der Waals surface area contributed by atoms with Crippen LogP contribution < -0.4 is 4.74 Å². The van der Waals surface area contributed by atoms with Gasteiger partial charge in [-0.15, -0.1) is 0 Å². The van der Waals surface area contributed by atoms with Gasteiger partial charge < -0.3 is 9.84 Å². The van der Waals surface area contributed by atoms with E-state index in [1.807, 2.05) is 0 Å². The minimum atomic E-state index is 0.279. The molecule has 1 aromatic carbocycles. The first kappa shape index (κ1) is 11.5. The fraction of sp³-hybridized carbons (Fsp3) is 0.571. The van der Waals surface area contributed by atoms with Gasteiger partial charge in [0.15, 0.2) is 0 Å². The SMILES string of the molecule is COc1ccc(C)c2c1CCCC2CCO. The lowest BCUT2D eigenvalue weighted by atomic mass is 9.78. The number of benzene rings is 1. The number of ether oxygens (including phenoxy) is 1. The third kappa shape index (κ3) is 1.94. The number of hydrogen-bond acceptors (Lipinski definition) is 2. The molecule has 2 nitrogen and oxygen atoms in total.